The Morgan fingerprint density at radius 2 is 1.70 bits per heavy atom. The Bertz CT molecular complexity index is 1110. The fourth-order valence-corrected chi connectivity index (χ4v) is 4.55. The first-order chi connectivity index (χ1) is 17.8. The number of unbranched alkanes of at least 4 members (excludes halogenated alkanes) is 3. The molecule has 2 aromatic rings. The lowest BCUT2D eigenvalue weighted by Crippen LogP contribution is -2.36. The summed E-state index contributed by atoms with van der Waals surface area (Å²) < 4.78 is 4.72. The molecule has 1 aliphatic rings. The van der Waals surface area contributed by atoms with E-state index in [-0.39, 0.29) is 31.2 Å². The number of nitrogens with zero attached hydrogens (tertiary/aromatic N) is 2. The standard InChI is InChI=1S/C25H33BN5O5P/c26-31(28)25-19-10-4-3-9-18(19)17-30(21-12-6-5-11-20(21)24(25)27)23(33)14-13-22(32)29-15-7-1-2-8-16-36-37(34)35/h3-6,9-12,34-35H,1-2,7-8,13-17,27-28H2,(H,29,32)/b25-24-. The van der Waals surface area contributed by atoms with Gasteiger partial charge >= 0.3 is 8.60 Å². The molecule has 7 N–H and O–H groups in total. The molecule has 2 radical (unpaired) electrons. The van der Waals surface area contributed by atoms with Gasteiger partial charge in [0.15, 0.2) is 0 Å². The zero-order valence-corrected chi connectivity index (χ0v) is 21.6. The van der Waals surface area contributed by atoms with Crippen LogP contribution in [0.2, 0.25) is 0 Å². The highest BCUT2D eigenvalue weighted by Crippen LogP contribution is 2.36. The zero-order valence-electron chi connectivity index (χ0n) is 20.7. The molecule has 2 amide bonds. The number of hydrogen-bond acceptors (Lipinski definition) is 8. The van der Waals surface area contributed by atoms with E-state index in [1.54, 1.807) is 4.90 Å². The second-order valence-electron chi connectivity index (χ2n) is 8.67. The number of amides is 2. The lowest BCUT2D eigenvalue weighted by molar-refractivity contribution is -0.125. The van der Waals surface area contributed by atoms with Crippen LogP contribution in [-0.2, 0) is 20.7 Å². The van der Waals surface area contributed by atoms with Gasteiger partial charge in [0.25, 0.3) is 7.98 Å². The van der Waals surface area contributed by atoms with Crippen molar-refractivity contribution in [3.63, 3.8) is 0 Å². The van der Waals surface area contributed by atoms with Crippen molar-refractivity contribution in [1.82, 2.24) is 10.2 Å². The van der Waals surface area contributed by atoms with Gasteiger partial charge in [-0.2, -0.15) is 0 Å². The van der Waals surface area contributed by atoms with E-state index in [2.05, 4.69) is 5.32 Å². The average Bonchev–Trinajstić information content (AvgIpc) is 2.87. The van der Waals surface area contributed by atoms with E-state index in [1.165, 1.54) is 0 Å². The number of rotatable bonds is 12. The van der Waals surface area contributed by atoms with Gasteiger partial charge in [0, 0.05) is 30.5 Å². The van der Waals surface area contributed by atoms with Crippen molar-refractivity contribution in [2.45, 2.75) is 45.1 Å². The summed E-state index contributed by atoms with van der Waals surface area (Å²) in [4.78, 5) is 45.8. The van der Waals surface area contributed by atoms with Gasteiger partial charge in [-0.05, 0) is 24.5 Å². The topological polar surface area (TPSA) is 154 Å². The molecule has 10 nitrogen and oxygen atoms in total. The predicted octanol–water partition coefficient (Wildman–Crippen LogP) is 2.26. The number of anilines is 1. The highest BCUT2D eigenvalue weighted by atomic mass is 31.2. The van der Waals surface area contributed by atoms with Gasteiger partial charge in [0.2, 0.25) is 11.8 Å². The van der Waals surface area contributed by atoms with Crippen LogP contribution in [-0.4, -0.2) is 47.7 Å². The average molecular weight is 525 g/mol. The Labute approximate surface area is 219 Å². The van der Waals surface area contributed by atoms with Gasteiger partial charge < -0.3 is 35.2 Å². The van der Waals surface area contributed by atoms with Crippen LogP contribution in [0.4, 0.5) is 5.69 Å². The largest absolute Gasteiger partial charge is 0.396 e. The van der Waals surface area contributed by atoms with E-state index < -0.39 is 8.60 Å². The molecule has 0 spiro atoms. The van der Waals surface area contributed by atoms with Gasteiger partial charge in [0.05, 0.1) is 30.2 Å². The number of para-hydroxylation sites is 1. The molecular formula is C25H33BN5O5P. The molecular weight excluding hydrogens is 492 g/mol. The third-order valence-electron chi connectivity index (χ3n) is 6.07. The summed E-state index contributed by atoms with van der Waals surface area (Å²) in [6.07, 6.45) is 3.36. The number of nitrogens with two attached hydrogens (primary N) is 2. The fourth-order valence-electron chi connectivity index (χ4n) is 4.25. The highest BCUT2D eigenvalue weighted by Gasteiger charge is 2.26. The third kappa shape index (κ3) is 8.02. The van der Waals surface area contributed by atoms with E-state index in [0.717, 1.165) is 41.7 Å². The van der Waals surface area contributed by atoms with Crippen molar-refractivity contribution >= 4 is 45.5 Å². The van der Waals surface area contributed by atoms with Crippen LogP contribution in [0.15, 0.2) is 48.5 Å². The number of hydrazine groups is 1. The molecule has 1 heterocycles. The summed E-state index contributed by atoms with van der Waals surface area (Å²) in [6, 6.07) is 14.8. The van der Waals surface area contributed by atoms with Crippen molar-refractivity contribution in [2.24, 2.45) is 11.6 Å². The first kappa shape index (κ1) is 28.6. The molecule has 1 aliphatic heterocycles. The van der Waals surface area contributed by atoms with Crippen molar-refractivity contribution in [1.29, 1.82) is 0 Å². The molecule has 12 heteroatoms. The Hall–Kier alpha value is -2.95. The molecule has 2 aromatic carbocycles. The maximum Gasteiger partial charge on any atom is 0.327 e. The fraction of sp³-hybridized carbons (Fsp3) is 0.360. The van der Waals surface area contributed by atoms with Crippen LogP contribution in [0.3, 0.4) is 0 Å². The summed E-state index contributed by atoms with van der Waals surface area (Å²) in [5.74, 6) is 5.56. The number of carbonyl (C=O) groups is 2. The van der Waals surface area contributed by atoms with Crippen LogP contribution < -0.4 is 21.8 Å². The van der Waals surface area contributed by atoms with E-state index in [1.807, 2.05) is 48.5 Å². The molecule has 0 unspecified atom stereocenters. The summed E-state index contributed by atoms with van der Waals surface area (Å²) in [5, 5.41) is 2.85. The first-order valence-corrected chi connectivity index (χ1v) is 13.3. The summed E-state index contributed by atoms with van der Waals surface area (Å²) >= 11 is 0. The molecule has 0 saturated carbocycles. The summed E-state index contributed by atoms with van der Waals surface area (Å²) in [5.41, 5.74) is 10.2. The SMILES string of the molecule is [B]N(N)/C1=C(\N)c2ccccc2N(C(=O)CCC(=O)NCCCCCCOP(O)O)Cc2ccccc21. The number of hydrogen-bond donors (Lipinski definition) is 5. The quantitative estimate of drug-likeness (QED) is 0.0930. The van der Waals surface area contributed by atoms with E-state index in [4.69, 9.17) is 33.9 Å². The zero-order chi connectivity index (χ0) is 26.8. The maximum absolute atomic E-state index is 13.4. The molecule has 37 heavy (non-hydrogen) atoms. The van der Waals surface area contributed by atoms with Gasteiger partial charge in [-0.15, -0.1) is 0 Å². The summed E-state index contributed by atoms with van der Waals surface area (Å²) in [7, 11) is 3.64. The van der Waals surface area contributed by atoms with Crippen LogP contribution in [0.5, 0.6) is 0 Å². The Kier molecular flexibility index (Phi) is 10.9. The van der Waals surface area contributed by atoms with E-state index in [9.17, 15) is 9.59 Å². The normalized spacial score (nSPS) is 15.0. The Balaban J connectivity index is 1.62. The minimum Gasteiger partial charge on any atom is -0.396 e. The van der Waals surface area contributed by atoms with E-state index >= 15 is 0 Å². The third-order valence-corrected chi connectivity index (χ3v) is 6.48. The molecule has 0 bridgehead atoms. The Morgan fingerprint density at radius 1 is 1.03 bits per heavy atom. The minimum atomic E-state index is -2.30. The Morgan fingerprint density at radius 3 is 2.43 bits per heavy atom. The van der Waals surface area contributed by atoms with Gasteiger partial charge in [-0.1, -0.05) is 55.3 Å². The molecule has 196 valence electrons. The summed E-state index contributed by atoms with van der Waals surface area (Å²) in [6.45, 7) is 1.09. The van der Waals surface area contributed by atoms with Gasteiger partial charge in [0.1, 0.15) is 0 Å². The molecule has 0 saturated heterocycles. The number of carbonyl (C=O) groups excluding carboxylic acids is 2. The van der Waals surface area contributed by atoms with Crippen molar-refractivity contribution in [2.75, 3.05) is 18.1 Å². The van der Waals surface area contributed by atoms with Gasteiger partial charge in [-0.25, -0.2) is 0 Å². The lowest BCUT2D eigenvalue weighted by Gasteiger charge is -2.32. The lowest BCUT2D eigenvalue weighted by atomic mass is 9.94. The van der Waals surface area contributed by atoms with Crippen LogP contribution >= 0.6 is 8.60 Å². The van der Waals surface area contributed by atoms with Crippen molar-refractivity contribution < 1.29 is 23.9 Å². The van der Waals surface area contributed by atoms with Crippen molar-refractivity contribution in [3.05, 3.63) is 65.2 Å². The maximum atomic E-state index is 13.4. The number of benzene rings is 2. The smallest absolute Gasteiger partial charge is 0.327 e. The second kappa shape index (κ2) is 14.1. The van der Waals surface area contributed by atoms with Crippen LogP contribution in [0.1, 0.15) is 55.2 Å². The predicted molar refractivity (Wildman–Crippen MR) is 145 cm³/mol. The van der Waals surface area contributed by atoms with Crippen LogP contribution in [0.25, 0.3) is 11.4 Å². The second-order valence-corrected chi connectivity index (χ2v) is 9.44. The number of fused-ring (bicyclic) bond motifs is 2. The van der Waals surface area contributed by atoms with E-state index in [0.29, 0.717) is 35.8 Å². The highest BCUT2D eigenvalue weighted by molar-refractivity contribution is 7.39. The molecule has 0 aliphatic carbocycles. The van der Waals surface area contributed by atoms with Crippen molar-refractivity contribution in [3.8, 4) is 0 Å². The molecule has 0 atom stereocenters. The minimum absolute atomic E-state index is 0.0430. The van der Waals surface area contributed by atoms with Gasteiger partial charge in [-0.3, -0.25) is 15.4 Å². The monoisotopic (exact) mass is 525 g/mol. The van der Waals surface area contributed by atoms with Crippen LogP contribution in [0, 0.1) is 0 Å². The molecule has 0 fully saturated rings. The first-order valence-electron chi connectivity index (χ1n) is 12.1. The molecule has 3 rings (SSSR count). The number of nitrogens with one attached hydrogen (secondary N) is 1. The molecule has 0 aromatic heterocycles.